The number of ether oxygens (including phenoxy) is 1. The maximum absolute atomic E-state index is 10.4. The van der Waals surface area contributed by atoms with Crippen LogP contribution in [0.2, 0.25) is 0 Å². The highest BCUT2D eigenvalue weighted by molar-refractivity contribution is 7.13. The third kappa shape index (κ3) is 2.63. The standard InChI is InChI=1S/C11H9NO2S/c13-7-10-6-12-11(15-10)8-14-9-4-2-1-3-5-9/h1-7H,8H2. The van der Waals surface area contributed by atoms with Crippen LogP contribution in [0.4, 0.5) is 0 Å². The lowest BCUT2D eigenvalue weighted by atomic mass is 10.3. The Kier molecular flexibility index (Phi) is 3.09. The third-order valence-electron chi connectivity index (χ3n) is 1.79. The summed E-state index contributed by atoms with van der Waals surface area (Å²) in [5.74, 6) is 0.806. The Labute approximate surface area is 91.4 Å². The van der Waals surface area contributed by atoms with E-state index in [0.717, 1.165) is 17.0 Å². The smallest absolute Gasteiger partial charge is 0.161 e. The predicted octanol–water partition coefficient (Wildman–Crippen LogP) is 2.53. The lowest BCUT2D eigenvalue weighted by Crippen LogP contribution is -1.93. The van der Waals surface area contributed by atoms with E-state index >= 15 is 0 Å². The zero-order chi connectivity index (χ0) is 10.5. The van der Waals surface area contributed by atoms with E-state index in [4.69, 9.17) is 4.74 Å². The van der Waals surface area contributed by atoms with Gasteiger partial charge >= 0.3 is 0 Å². The molecular formula is C11H9NO2S. The average Bonchev–Trinajstić information content (AvgIpc) is 2.76. The molecule has 15 heavy (non-hydrogen) atoms. The molecule has 2 rings (SSSR count). The minimum Gasteiger partial charge on any atom is -0.486 e. The molecule has 1 aromatic carbocycles. The third-order valence-corrected chi connectivity index (χ3v) is 2.69. The van der Waals surface area contributed by atoms with E-state index in [1.54, 1.807) is 6.20 Å². The summed E-state index contributed by atoms with van der Waals surface area (Å²) in [6.45, 7) is 0.405. The molecule has 0 N–H and O–H groups in total. The summed E-state index contributed by atoms with van der Waals surface area (Å²) < 4.78 is 5.48. The van der Waals surface area contributed by atoms with Crippen molar-refractivity contribution in [2.75, 3.05) is 0 Å². The maximum Gasteiger partial charge on any atom is 0.161 e. The molecule has 1 heterocycles. The highest BCUT2D eigenvalue weighted by Gasteiger charge is 2.01. The van der Waals surface area contributed by atoms with Crippen LogP contribution in [0.25, 0.3) is 0 Å². The minimum atomic E-state index is 0.405. The number of hydrogen-bond donors (Lipinski definition) is 0. The first-order valence-electron chi connectivity index (χ1n) is 4.46. The summed E-state index contributed by atoms with van der Waals surface area (Å²) >= 11 is 1.35. The number of rotatable bonds is 4. The van der Waals surface area contributed by atoms with Gasteiger partial charge < -0.3 is 4.74 Å². The van der Waals surface area contributed by atoms with Gasteiger partial charge in [-0.3, -0.25) is 4.79 Å². The Bertz CT molecular complexity index is 439. The summed E-state index contributed by atoms with van der Waals surface area (Å²) in [5.41, 5.74) is 0. The number of nitrogens with zero attached hydrogens (tertiary/aromatic N) is 1. The number of aldehydes is 1. The molecule has 2 aromatic rings. The van der Waals surface area contributed by atoms with Crippen LogP contribution in [-0.4, -0.2) is 11.3 Å². The summed E-state index contributed by atoms with van der Waals surface area (Å²) in [5, 5.41) is 0.806. The van der Waals surface area contributed by atoms with E-state index in [1.807, 2.05) is 30.3 Å². The molecule has 0 aliphatic heterocycles. The van der Waals surface area contributed by atoms with E-state index in [-0.39, 0.29) is 0 Å². The zero-order valence-electron chi connectivity index (χ0n) is 7.92. The van der Waals surface area contributed by atoms with Crippen molar-refractivity contribution in [1.29, 1.82) is 0 Å². The second-order valence-electron chi connectivity index (χ2n) is 2.88. The van der Waals surface area contributed by atoms with Crippen molar-refractivity contribution < 1.29 is 9.53 Å². The van der Waals surface area contributed by atoms with Gasteiger partial charge in [0.15, 0.2) is 6.29 Å². The molecule has 0 aliphatic rings. The number of thiazole rings is 1. The van der Waals surface area contributed by atoms with Crippen molar-refractivity contribution in [2.24, 2.45) is 0 Å². The van der Waals surface area contributed by atoms with Crippen LogP contribution in [0.5, 0.6) is 5.75 Å². The molecule has 0 unspecified atom stereocenters. The summed E-state index contributed by atoms with van der Waals surface area (Å²) in [7, 11) is 0. The summed E-state index contributed by atoms with van der Waals surface area (Å²) in [6, 6.07) is 9.52. The lowest BCUT2D eigenvalue weighted by Gasteiger charge is -2.02. The van der Waals surface area contributed by atoms with Gasteiger partial charge in [0.25, 0.3) is 0 Å². The number of hydrogen-bond acceptors (Lipinski definition) is 4. The van der Waals surface area contributed by atoms with Gasteiger partial charge in [0.05, 0.1) is 4.88 Å². The number of para-hydroxylation sites is 1. The Hall–Kier alpha value is -1.68. The van der Waals surface area contributed by atoms with E-state index < -0.39 is 0 Å². The Morgan fingerprint density at radius 3 is 2.80 bits per heavy atom. The van der Waals surface area contributed by atoms with Gasteiger partial charge in [0, 0.05) is 6.20 Å². The molecule has 0 aliphatic carbocycles. The van der Waals surface area contributed by atoms with Crippen molar-refractivity contribution in [1.82, 2.24) is 4.98 Å². The largest absolute Gasteiger partial charge is 0.486 e. The fraction of sp³-hybridized carbons (Fsp3) is 0.0909. The molecule has 3 nitrogen and oxygen atoms in total. The van der Waals surface area contributed by atoms with Gasteiger partial charge in [0.2, 0.25) is 0 Å². The summed E-state index contributed by atoms with van der Waals surface area (Å²) in [6.07, 6.45) is 2.35. The predicted molar refractivity (Wildman–Crippen MR) is 58.3 cm³/mol. The first kappa shape index (κ1) is 9.86. The first-order valence-corrected chi connectivity index (χ1v) is 5.28. The van der Waals surface area contributed by atoms with Crippen LogP contribution in [0.1, 0.15) is 14.7 Å². The molecule has 0 fully saturated rings. The Balaban J connectivity index is 1.96. The number of aromatic nitrogens is 1. The average molecular weight is 219 g/mol. The Morgan fingerprint density at radius 2 is 2.13 bits per heavy atom. The van der Waals surface area contributed by atoms with Crippen LogP contribution >= 0.6 is 11.3 Å². The molecule has 1 aromatic heterocycles. The number of carbonyl (C=O) groups excluding carboxylic acids is 1. The first-order chi connectivity index (χ1) is 7.38. The molecule has 76 valence electrons. The quantitative estimate of drug-likeness (QED) is 0.742. The SMILES string of the molecule is O=Cc1cnc(COc2ccccc2)s1. The van der Waals surface area contributed by atoms with Crippen molar-refractivity contribution in [3.8, 4) is 5.75 Å². The van der Waals surface area contributed by atoms with Gasteiger partial charge in [-0.1, -0.05) is 18.2 Å². The van der Waals surface area contributed by atoms with E-state index in [1.165, 1.54) is 11.3 Å². The fourth-order valence-electron chi connectivity index (χ4n) is 1.11. The monoisotopic (exact) mass is 219 g/mol. The van der Waals surface area contributed by atoms with Gasteiger partial charge in [-0.2, -0.15) is 0 Å². The van der Waals surface area contributed by atoms with Crippen molar-refractivity contribution in [3.63, 3.8) is 0 Å². The molecule has 0 spiro atoms. The topological polar surface area (TPSA) is 39.2 Å². The molecule has 0 radical (unpaired) electrons. The summed E-state index contributed by atoms with van der Waals surface area (Å²) in [4.78, 5) is 15.1. The molecule has 0 saturated carbocycles. The molecule has 0 atom stereocenters. The number of carbonyl (C=O) groups is 1. The van der Waals surface area contributed by atoms with Crippen LogP contribution in [0, 0.1) is 0 Å². The van der Waals surface area contributed by atoms with Crippen LogP contribution in [0.15, 0.2) is 36.5 Å². The van der Waals surface area contributed by atoms with E-state index in [0.29, 0.717) is 11.5 Å². The van der Waals surface area contributed by atoms with Gasteiger partial charge in [-0.05, 0) is 12.1 Å². The van der Waals surface area contributed by atoms with E-state index in [9.17, 15) is 4.79 Å². The van der Waals surface area contributed by atoms with Crippen molar-refractivity contribution in [2.45, 2.75) is 6.61 Å². The fourth-order valence-corrected chi connectivity index (χ4v) is 1.76. The van der Waals surface area contributed by atoms with Gasteiger partial charge in [-0.15, -0.1) is 11.3 Å². The maximum atomic E-state index is 10.4. The lowest BCUT2D eigenvalue weighted by molar-refractivity contribution is 0.112. The number of benzene rings is 1. The Morgan fingerprint density at radius 1 is 1.33 bits per heavy atom. The molecule has 0 amide bonds. The zero-order valence-corrected chi connectivity index (χ0v) is 8.74. The highest BCUT2D eigenvalue weighted by atomic mass is 32.1. The van der Waals surface area contributed by atoms with Crippen LogP contribution in [0.3, 0.4) is 0 Å². The van der Waals surface area contributed by atoms with Crippen LogP contribution < -0.4 is 4.74 Å². The minimum absolute atomic E-state index is 0.405. The van der Waals surface area contributed by atoms with Gasteiger partial charge in [-0.25, -0.2) is 4.98 Å². The molecule has 0 bridgehead atoms. The van der Waals surface area contributed by atoms with E-state index in [2.05, 4.69) is 4.98 Å². The second kappa shape index (κ2) is 4.70. The molecule has 0 saturated heterocycles. The second-order valence-corrected chi connectivity index (χ2v) is 4.02. The van der Waals surface area contributed by atoms with Crippen LogP contribution in [-0.2, 0) is 6.61 Å². The van der Waals surface area contributed by atoms with Crippen molar-refractivity contribution in [3.05, 3.63) is 46.4 Å². The van der Waals surface area contributed by atoms with Crippen molar-refractivity contribution >= 4 is 17.6 Å². The molecule has 4 heteroatoms. The van der Waals surface area contributed by atoms with Gasteiger partial charge in [0.1, 0.15) is 17.4 Å². The normalized spacial score (nSPS) is 9.87. The highest BCUT2D eigenvalue weighted by Crippen LogP contribution is 2.15. The molecular weight excluding hydrogens is 210 g/mol.